The molecule has 0 aromatic rings. The maximum absolute atomic E-state index is 11.9. The van der Waals surface area contributed by atoms with Crippen LogP contribution in [0, 0.1) is 0 Å². The van der Waals surface area contributed by atoms with Gasteiger partial charge in [-0.15, -0.1) is 0 Å². The summed E-state index contributed by atoms with van der Waals surface area (Å²) >= 11 is 0. The van der Waals surface area contributed by atoms with Crippen LogP contribution < -0.4 is 0 Å². The number of hydrogen-bond acceptors (Lipinski definition) is 3. The first-order valence-electron chi connectivity index (χ1n) is 4.04. The van der Waals surface area contributed by atoms with Crippen molar-refractivity contribution in [3.8, 4) is 0 Å². The molecule has 0 saturated heterocycles. The van der Waals surface area contributed by atoms with Crippen LogP contribution in [0.3, 0.4) is 0 Å². The summed E-state index contributed by atoms with van der Waals surface area (Å²) in [5.41, 5.74) is -5.31. The van der Waals surface area contributed by atoms with Crippen LogP contribution in [0.2, 0.25) is 19.1 Å². The lowest BCUT2D eigenvalue weighted by Crippen LogP contribution is -2.38. The summed E-state index contributed by atoms with van der Waals surface area (Å²) in [6.07, 6.45) is 0.604. The molecule has 0 saturated carbocycles. The Labute approximate surface area is 82.5 Å². The molecule has 0 aromatic heterocycles. The zero-order valence-electron chi connectivity index (χ0n) is 8.18. The normalized spacial score (nSPS) is 14.4. The lowest BCUT2D eigenvalue weighted by Gasteiger charge is -2.21. The van der Waals surface area contributed by atoms with E-state index in [2.05, 4.69) is 3.87 Å². The van der Waals surface area contributed by atoms with Crippen LogP contribution in [0.25, 0.3) is 0 Å². The summed E-state index contributed by atoms with van der Waals surface area (Å²) < 4.78 is 61.2. The molecule has 0 aliphatic carbocycles. The molecule has 0 bridgehead atoms. The van der Waals surface area contributed by atoms with Crippen molar-refractivity contribution in [3.63, 3.8) is 0 Å². The van der Waals surface area contributed by atoms with E-state index in [9.17, 15) is 21.6 Å². The summed E-state index contributed by atoms with van der Waals surface area (Å²) in [7, 11) is -8.17. The molecule has 0 fully saturated rings. The minimum Gasteiger partial charge on any atom is -0.308 e. The maximum atomic E-state index is 11.9. The third-order valence-electron chi connectivity index (χ3n) is 1.47. The fourth-order valence-corrected chi connectivity index (χ4v) is 5.28. The number of rotatable bonds is 4. The van der Waals surface area contributed by atoms with Crippen LogP contribution in [0.5, 0.6) is 0 Å². The van der Waals surface area contributed by atoms with E-state index >= 15 is 0 Å². The predicted octanol–water partition coefficient (Wildman–Crippen LogP) is 2.47. The van der Waals surface area contributed by atoms with Gasteiger partial charge in [-0.1, -0.05) is 13.3 Å². The Morgan fingerprint density at radius 1 is 1.29 bits per heavy atom. The van der Waals surface area contributed by atoms with Crippen molar-refractivity contribution >= 4 is 18.4 Å². The average molecular weight is 250 g/mol. The molecule has 86 valence electrons. The molecule has 0 rings (SSSR count). The molecule has 0 spiro atoms. The first-order valence-corrected chi connectivity index (χ1v) is 8.56. The molecule has 14 heavy (non-hydrogen) atoms. The van der Waals surface area contributed by atoms with Crippen molar-refractivity contribution in [2.24, 2.45) is 0 Å². The van der Waals surface area contributed by atoms with Crippen LogP contribution in [0.1, 0.15) is 13.3 Å². The van der Waals surface area contributed by atoms with Gasteiger partial charge in [-0.05, 0) is 19.1 Å². The molecule has 0 aliphatic heterocycles. The van der Waals surface area contributed by atoms with Gasteiger partial charge in [-0.3, -0.25) is 0 Å². The van der Waals surface area contributed by atoms with Crippen molar-refractivity contribution in [1.82, 2.24) is 0 Å². The van der Waals surface area contributed by atoms with Crippen molar-refractivity contribution < 1.29 is 25.5 Å². The van der Waals surface area contributed by atoms with E-state index in [1.165, 1.54) is 13.1 Å². The van der Waals surface area contributed by atoms with Crippen molar-refractivity contribution in [2.45, 2.75) is 38.0 Å². The van der Waals surface area contributed by atoms with Crippen LogP contribution in [0.15, 0.2) is 0 Å². The van der Waals surface area contributed by atoms with E-state index in [1.807, 2.05) is 0 Å². The zero-order valence-corrected chi connectivity index (χ0v) is 10.00. The average Bonchev–Trinajstić information content (AvgIpc) is 1.80. The lowest BCUT2D eigenvalue weighted by molar-refractivity contribution is -0.0503. The molecule has 0 amide bonds. The second-order valence-corrected chi connectivity index (χ2v) is 9.55. The molecule has 0 aliphatic rings. The minimum absolute atomic E-state index is 0.377. The molecule has 3 nitrogen and oxygen atoms in total. The van der Waals surface area contributed by atoms with Crippen LogP contribution >= 0.6 is 0 Å². The summed E-state index contributed by atoms with van der Waals surface area (Å²) in [6, 6.07) is 0.377. The summed E-state index contributed by atoms with van der Waals surface area (Å²) in [4.78, 5) is 0. The summed E-state index contributed by atoms with van der Waals surface area (Å²) in [6.45, 7) is 4.65. The zero-order chi connectivity index (χ0) is 11.6. The number of alkyl halides is 3. The van der Waals surface area contributed by atoms with E-state index in [-0.39, 0.29) is 0 Å². The van der Waals surface area contributed by atoms with Crippen LogP contribution in [0.4, 0.5) is 13.2 Å². The molecule has 8 heteroatoms. The third-order valence-corrected chi connectivity index (χ3v) is 6.42. The predicted molar refractivity (Wildman–Crippen MR) is 48.6 cm³/mol. The molecule has 0 unspecified atom stereocenters. The molecule has 0 N–H and O–H groups in total. The standard InChI is InChI=1S/C6H13F3O3SSi/c1-4-5-14(2,3)12-13(10,11)6(7,8)9/h4-5H2,1-3H3. The Morgan fingerprint density at radius 3 is 2.00 bits per heavy atom. The van der Waals surface area contributed by atoms with E-state index in [0.717, 1.165) is 0 Å². The largest absolute Gasteiger partial charge is 0.522 e. The quantitative estimate of drug-likeness (QED) is 0.568. The van der Waals surface area contributed by atoms with Crippen molar-refractivity contribution in [1.29, 1.82) is 0 Å². The van der Waals surface area contributed by atoms with Crippen molar-refractivity contribution in [2.75, 3.05) is 0 Å². The molecule has 0 aromatic carbocycles. The van der Waals surface area contributed by atoms with Crippen molar-refractivity contribution in [3.05, 3.63) is 0 Å². The van der Waals surface area contributed by atoms with Gasteiger partial charge in [0.15, 0.2) is 0 Å². The maximum Gasteiger partial charge on any atom is 0.522 e. The lowest BCUT2D eigenvalue weighted by atomic mass is 10.6. The van der Waals surface area contributed by atoms with E-state index in [0.29, 0.717) is 12.5 Å². The molecular formula is C6H13F3O3SSi. The number of halogens is 3. The van der Waals surface area contributed by atoms with Gasteiger partial charge in [0.1, 0.15) is 0 Å². The highest BCUT2D eigenvalue weighted by atomic mass is 32.2. The molecular weight excluding hydrogens is 237 g/mol. The highest BCUT2D eigenvalue weighted by Crippen LogP contribution is 2.28. The Balaban J connectivity index is 4.69. The van der Waals surface area contributed by atoms with Gasteiger partial charge in [-0.2, -0.15) is 21.6 Å². The van der Waals surface area contributed by atoms with E-state index in [4.69, 9.17) is 0 Å². The van der Waals surface area contributed by atoms with Gasteiger partial charge >= 0.3 is 15.6 Å². The van der Waals surface area contributed by atoms with Gasteiger partial charge in [0.05, 0.1) is 0 Å². The van der Waals surface area contributed by atoms with Crippen LogP contribution in [-0.4, -0.2) is 22.2 Å². The number of hydrogen-bond donors (Lipinski definition) is 0. The topological polar surface area (TPSA) is 43.4 Å². The summed E-state index contributed by atoms with van der Waals surface area (Å²) in [5, 5.41) is 0. The van der Waals surface area contributed by atoms with Gasteiger partial charge in [0.25, 0.3) is 0 Å². The first kappa shape index (κ1) is 13.9. The Morgan fingerprint density at radius 2 is 1.71 bits per heavy atom. The Hall–Kier alpha value is -0.0831. The summed E-state index contributed by atoms with van der Waals surface area (Å²) in [5.74, 6) is 0. The Bertz CT molecular complexity index is 283. The van der Waals surface area contributed by atoms with Gasteiger partial charge in [0.2, 0.25) is 8.32 Å². The van der Waals surface area contributed by atoms with Crippen LogP contribution in [-0.2, 0) is 14.0 Å². The van der Waals surface area contributed by atoms with Gasteiger partial charge < -0.3 is 3.87 Å². The molecule has 0 atom stereocenters. The van der Waals surface area contributed by atoms with E-state index in [1.54, 1.807) is 6.92 Å². The molecule has 0 radical (unpaired) electrons. The second kappa shape index (κ2) is 4.19. The minimum atomic E-state index is -5.42. The second-order valence-electron chi connectivity index (χ2n) is 3.49. The van der Waals surface area contributed by atoms with E-state index < -0.39 is 23.9 Å². The van der Waals surface area contributed by atoms with Gasteiger partial charge in [-0.25, -0.2) is 0 Å². The smallest absolute Gasteiger partial charge is 0.308 e. The third kappa shape index (κ3) is 3.97. The highest BCUT2D eigenvalue weighted by Gasteiger charge is 2.49. The Kier molecular flexibility index (Phi) is 4.17. The molecule has 0 heterocycles. The fourth-order valence-electron chi connectivity index (χ4n) is 0.988. The SMILES string of the molecule is CCC[Si](C)(C)OS(=O)(=O)C(F)(F)F. The monoisotopic (exact) mass is 250 g/mol. The first-order chi connectivity index (χ1) is 6.02. The highest BCUT2D eigenvalue weighted by molar-refractivity contribution is 7.88. The fraction of sp³-hybridized carbons (Fsp3) is 1.00. The van der Waals surface area contributed by atoms with Gasteiger partial charge in [0, 0.05) is 0 Å².